The van der Waals surface area contributed by atoms with Crippen LogP contribution in [0.5, 0.6) is 0 Å². The van der Waals surface area contributed by atoms with Gasteiger partial charge in [-0.1, -0.05) is 0 Å². The van der Waals surface area contributed by atoms with Crippen LogP contribution in [0.25, 0.3) is 0 Å². The van der Waals surface area contributed by atoms with Crippen molar-refractivity contribution < 1.29 is 39.3 Å². The summed E-state index contributed by atoms with van der Waals surface area (Å²) >= 11 is 10.3. The van der Waals surface area contributed by atoms with Gasteiger partial charge in [-0.3, -0.25) is 0 Å². The number of carboxylic acids is 2. The summed E-state index contributed by atoms with van der Waals surface area (Å²) in [6.45, 7) is 0.560. The van der Waals surface area contributed by atoms with E-state index in [-0.39, 0.29) is 45.4 Å². The second-order valence-electron chi connectivity index (χ2n) is 2.73. The average Bonchev–Trinajstić information content (AvgIpc) is 2.19. The summed E-state index contributed by atoms with van der Waals surface area (Å²) in [6, 6.07) is 0. The summed E-state index contributed by atoms with van der Waals surface area (Å²) < 4.78 is 0. The molecular weight excluding hydrogens is 324 g/mol. The fourth-order valence-electron chi connectivity index (χ4n) is 0.528. The quantitative estimate of drug-likeness (QED) is 0.402. The Labute approximate surface area is 122 Å². The van der Waals surface area contributed by atoms with Crippen molar-refractivity contribution in [2.24, 2.45) is 11.5 Å². The van der Waals surface area contributed by atoms with Crippen LogP contribution in [0, 0.1) is 0 Å². The van der Waals surface area contributed by atoms with Crippen LogP contribution in [0.4, 0.5) is 0 Å². The Bertz CT molecular complexity index is 200. The molecule has 2 unspecified atom stereocenters. The van der Waals surface area contributed by atoms with Gasteiger partial charge in [0.05, 0.1) is 22.7 Å². The van der Waals surface area contributed by atoms with Gasteiger partial charge in [0.1, 0.15) is 0 Å². The number of carbonyl (C=O) groups is 2. The van der Waals surface area contributed by atoms with Gasteiger partial charge in [-0.2, -0.15) is 0 Å². The summed E-state index contributed by atoms with van der Waals surface area (Å²) in [6.07, 6.45) is 0.535. The van der Waals surface area contributed by atoms with E-state index in [4.69, 9.17) is 34.7 Å². The van der Waals surface area contributed by atoms with E-state index in [2.05, 4.69) is 0 Å². The van der Waals surface area contributed by atoms with Crippen LogP contribution in [0.15, 0.2) is 0 Å². The molecule has 9 heteroatoms. The third-order valence-electron chi connectivity index (χ3n) is 1.35. The molecule has 0 saturated carbocycles. The van der Waals surface area contributed by atoms with Gasteiger partial charge >= 0.3 is 19.5 Å². The van der Waals surface area contributed by atoms with Gasteiger partial charge in [-0.15, -0.1) is 23.2 Å². The van der Waals surface area contributed by atoms with Crippen molar-refractivity contribution in [3.8, 4) is 0 Å². The second kappa shape index (κ2) is 14.1. The molecule has 0 aliphatic rings. The molecule has 0 aliphatic heterocycles. The van der Waals surface area contributed by atoms with Crippen molar-refractivity contribution in [3.63, 3.8) is 0 Å². The summed E-state index contributed by atoms with van der Waals surface area (Å²) in [7, 11) is 0. The number of carboxylic acid groups (broad SMARTS) is 2. The first-order chi connectivity index (χ1) is 7.36. The summed E-state index contributed by atoms with van der Waals surface area (Å²) in [4.78, 5) is 19.6. The molecule has 6 nitrogen and oxygen atoms in total. The van der Waals surface area contributed by atoms with Gasteiger partial charge in [0.2, 0.25) is 0 Å². The van der Waals surface area contributed by atoms with E-state index in [1.165, 1.54) is 0 Å². The number of carbonyl (C=O) groups excluding carboxylic acids is 2. The molecular formula is C8H14Cl2N2O4Zn. The monoisotopic (exact) mass is 336 g/mol. The number of nitrogens with two attached hydrogens (primary N) is 2. The smallest absolute Gasteiger partial charge is 0.549 e. The first-order valence-electron chi connectivity index (χ1n) is 4.46. The Kier molecular flexibility index (Phi) is 18.5. The van der Waals surface area contributed by atoms with E-state index in [0.29, 0.717) is 0 Å². The third kappa shape index (κ3) is 16.1. The van der Waals surface area contributed by atoms with Crippen molar-refractivity contribution in [2.75, 3.05) is 13.1 Å². The van der Waals surface area contributed by atoms with Crippen molar-refractivity contribution in [2.45, 2.75) is 23.6 Å². The third-order valence-corrected chi connectivity index (χ3v) is 2.14. The predicted molar refractivity (Wildman–Crippen MR) is 56.6 cm³/mol. The van der Waals surface area contributed by atoms with Crippen LogP contribution in [-0.4, -0.2) is 35.8 Å². The fourth-order valence-corrected chi connectivity index (χ4v) is 0.780. The van der Waals surface area contributed by atoms with Crippen LogP contribution >= 0.6 is 23.2 Å². The van der Waals surface area contributed by atoms with Crippen LogP contribution in [0.2, 0.25) is 0 Å². The predicted octanol–water partition coefficient (Wildman–Crippen LogP) is -2.62. The first kappa shape index (κ1) is 22.3. The zero-order valence-corrected chi connectivity index (χ0v) is 13.7. The van der Waals surface area contributed by atoms with E-state index < -0.39 is 22.7 Å². The fraction of sp³-hybridized carbons (Fsp3) is 0.750. The Morgan fingerprint density at radius 2 is 1.18 bits per heavy atom. The van der Waals surface area contributed by atoms with Crippen LogP contribution in [0.1, 0.15) is 12.8 Å². The van der Waals surface area contributed by atoms with E-state index in [0.717, 1.165) is 0 Å². The molecule has 0 aromatic rings. The number of hydrogen-bond donors (Lipinski definition) is 2. The van der Waals surface area contributed by atoms with Gasteiger partial charge in [-0.05, 0) is 25.9 Å². The number of alkyl halides is 2. The molecule has 96 valence electrons. The van der Waals surface area contributed by atoms with Crippen LogP contribution < -0.4 is 21.7 Å². The normalized spacial score (nSPS) is 12.5. The minimum Gasteiger partial charge on any atom is -0.549 e. The zero-order chi connectivity index (χ0) is 13.1. The average molecular weight is 339 g/mol. The molecule has 2 atom stereocenters. The molecule has 0 aromatic carbocycles. The second-order valence-corrected chi connectivity index (χ2v) is 3.78. The standard InChI is InChI=1S/2C4H8ClNO2.Zn/c2*5-3(1-2-6)4(7)8;/h2*3H,1-2,6H2,(H,7,8);/q;;+2/p-2. The molecule has 0 aromatic heterocycles. The van der Waals surface area contributed by atoms with Gasteiger partial charge in [0.15, 0.2) is 0 Å². The summed E-state index contributed by atoms with van der Waals surface area (Å²) in [5.74, 6) is -2.51. The molecule has 0 bridgehead atoms. The minimum atomic E-state index is -1.25. The molecule has 0 aliphatic carbocycles. The molecule has 0 spiro atoms. The van der Waals surface area contributed by atoms with E-state index in [1.807, 2.05) is 0 Å². The maximum absolute atomic E-state index is 9.79. The van der Waals surface area contributed by atoms with Crippen LogP contribution in [-0.2, 0) is 29.1 Å². The van der Waals surface area contributed by atoms with Gasteiger partial charge < -0.3 is 31.3 Å². The number of hydrogen-bond acceptors (Lipinski definition) is 6. The maximum atomic E-state index is 9.79. The summed E-state index contributed by atoms with van der Waals surface area (Å²) in [5, 5.41) is 17.7. The molecule has 0 fully saturated rings. The first-order valence-corrected chi connectivity index (χ1v) is 5.34. The van der Waals surface area contributed by atoms with Crippen molar-refractivity contribution in [3.05, 3.63) is 0 Å². The van der Waals surface area contributed by atoms with Gasteiger partial charge in [-0.25, -0.2) is 0 Å². The van der Waals surface area contributed by atoms with E-state index in [1.54, 1.807) is 0 Å². The van der Waals surface area contributed by atoms with E-state index >= 15 is 0 Å². The molecule has 17 heavy (non-hydrogen) atoms. The number of aliphatic carboxylic acids is 2. The van der Waals surface area contributed by atoms with Gasteiger partial charge in [0, 0.05) is 0 Å². The van der Waals surface area contributed by atoms with Crippen LogP contribution in [0.3, 0.4) is 0 Å². The Balaban J connectivity index is -0.000000218. The largest absolute Gasteiger partial charge is 2.00 e. The zero-order valence-electron chi connectivity index (χ0n) is 9.23. The molecule has 0 radical (unpaired) electrons. The molecule has 0 saturated heterocycles. The van der Waals surface area contributed by atoms with Crippen molar-refractivity contribution in [1.29, 1.82) is 0 Å². The van der Waals surface area contributed by atoms with E-state index in [9.17, 15) is 19.8 Å². The Hall–Kier alpha value is 0.0634. The topological polar surface area (TPSA) is 132 Å². The Morgan fingerprint density at radius 3 is 1.24 bits per heavy atom. The molecule has 0 heterocycles. The minimum absolute atomic E-state index is 0. The summed E-state index contributed by atoms with van der Waals surface area (Å²) in [5.41, 5.74) is 9.98. The number of halogens is 2. The SMILES string of the molecule is NCCC(Cl)C(=O)[O-].NCCC(Cl)C(=O)[O-].[Zn+2]. The van der Waals surface area contributed by atoms with Crippen molar-refractivity contribution in [1.82, 2.24) is 0 Å². The Morgan fingerprint density at radius 1 is 0.941 bits per heavy atom. The van der Waals surface area contributed by atoms with Crippen molar-refractivity contribution >= 4 is 35.1 Å². The number of rotatable bonds is 6. The molecule has 0 rings (SSSR count). The van der Waals surface area contributed by atoms with Gasteiger partial charge in [0.25, 0.3) is 0 Å². The molecule has 4 N–H and O–H groups in total. The maximum Gasteiger partial charge on any atom is 2.00 e. The molecule has 0 amide bonds.